The summed E-state index contributed by atoms with van der Waals surface area (Å²) >= 11 is 0. The van der Waals surface area contributed by atoms with Crippen molar-refractivity contribution in [3.8, 4) is 0 Å². The first kappa shape index (κ1) is 30.4. The smallest absolute Gasteiger partial charge is 0.316 e. The predicted molar refractivity (Wildman–Crippen MR) is 94.0 cm³/mol. The van der Waals surface area contributed by atoms with Crippen LogP contribution in [0.1, 0.15) is 13.8 Å². The minimum atomic E-state index is -1.39. The number of aliphatic carboxylic acids is 1. The summed E-state index contributed by atoms with van der Waals surface area (Å²) in [5, 5.41) is 50.7. The SMILES string of the molecule is CC(CO)(CO)C(=O)O.COCCO.COCCOC(=O)C(C)(CO)CO. The van der Waals surface area contributed by atoms with Crippen molar-refractivity contribution in [1.29, 1.82) is 0 Å². The van der Waals surface area contributed by atoms with Crippen molar-refractivity contribution in [1.82, 2.24) is 0 Å². The number of aliphatic hydroxyl groups excluding tert-OH is 5. The first-order valence-corrected chi connectivity index (χ1v) is 8.01. The number of hydrogen-bond donors (Lipinski definition) is 6. The van der Waals surface area contributed by atoms with E-state index < -0.39 is 49.2 Å². The molecule has 0 aromatic rings. The van der Waals surface area contributed by atoms with Gasteiger partial charge < -0.3 is 44.8 Å². The fraction of sp³-hybridized carbons (Fsp3) is 0.875. The van der Waals surface area contributed by atoms with Crippen LogP contribution >= 0.6 is 0 Å². The van der Waals surface area contributed by atoms with Crippen molar-refractivity contribution in [2.24, 2.45) is 10.8 Å². The van der Waals surface area contributed by atoms with Crippen molar-refractivity contribution in [3.63, 3.8) is 0 Å². The van der Waals surface area contributed by atoms with E-state index in [0.29, 0.717) is 13.2 Å². The van der Waals surface area contributed by atoms with E-state index in [0.717, 1.165) is 0 Å². The van der Waals surface area contributed by atoms with E-state index in [9.17, 15) is 9.59 Å². The second-order valence-electron chi connectivity index (χ2n) is 5.90. The molecule has 0 amide bonds. The fourth-order valence-electron chi connectivity index (χ4n) is 0.848. The van der Waals surface area contributed by atoms with Crippen LogP contribution in [0.15, 0.2) is 0 Å². The normalized spacial score (nSPS) is 10.9. The minimum absolute atomic E-state index is 0.122. The lowest BCUT2D eigenvalue weighted by Crippen LogP contribution is -2.37. The van der Waals surface area contributed by atoms with Gasteiger partial charge in [0.15, 0.2) is 0 Å². The monoisotopic (exact) mass is 402 g/mol. The molecule has 0 aromatic heterocycles. The highest BCUT2D eigenvalue weighted by atomic mass is 16.6. The van der Waals surface area contributed by atoms with Crippen LogP contribution in [0.4, 0.5) is 0 Å². The average molecular weight is 402 g/mol. The quantitative estimate of drug-likeness (QED) is 0.164. The molecular weight excluding hydrogens is 368 g/mol. The van der Waals surface area contributed by atoms with E-state index in [1.807, 2.05) is 0 Å². The van der Waals surface area contributed by atoms with Crippen molar-refractivity contribution >= 4 is 11.9 Å². The van der Waals surface area contributed by atoms with Crippen LogP contribution in [0.3, 0.4) is 0 Å². The first-order chi connectivity index (χ1) is 12.6. The molecule has 0 fully saturated rings. The lowest BCUT2D eigenvalue weighted by atomic mass is 9.93. The zero-order chi connectivity index (χ0) is 21.9. The van der Waals surface area contributed by atoms with E-state index in [1.165, 1.54) is 21.0 Å². The molecule has 0 saturated carbocycles. The highest BCUT2D eigenvalue weighted by Gasteiger charge is 2.33. The number of aliphatic hydroxyl groups is 5. The first-order valence-electron chi connectivity index (χ1n) is 8.01. The maximum Gasteiger partial charge on any atom is 0.316 e. The maximum atomic E-state index is 11.2. The van der Waals surface area contributed by atoms with Gasteiger partial charge in [0, 0.05) is 14.2 Å². The Hall–Kier alpha value is -1.34. The standard InChI is InChI=1S/C8H16O5.C5H10O4.C3H8O2/c1-8(5-9,6-10)7(11)13-4-3-12-2;1-5(2-6,3-7)4(8)9;1-5-3-2-4/h9-10H,3-6H2,1-2H3;6-7H,2-3H2,1H3,(H,8,9);4H,2-3H2,1H3. The Kier molecular flexibility index (Phi) is 20.3. The zero-order valence-electron chi connectivity index (χ0n) is 16.4. The summed E-state index contributed by atoms with van der Waals surface area (Å²) in [6.45, 7) is 1.75. The molecule has 0 radical (unpaired) electrons. The van der Waals surface area contributed by atoms with Gasteiger partial charge in [0.1, 0.15) is 17.4 Å². The molecule has 11 nitrogen and oxygen atoms in total. The number of carbonyl (C=O) groups excluding carboxylic acids is 1. The molecule has 0 aromatic carbocycles. The Morgan fingerprint density at radius 3 is 1.33 bits per heavy atom. The van der Waals surface area contributed by atoms with Gasteiger partial charge in [-0.3, -0.25) is 9.59 Å². The van der Waals surface area contributed by atoms with Crippen LogP contribution in [0.2, 0.25) is 0 Å². The Morgan fingerprint density at radius 2 is 1.15 bits per heavy atom. The third kappa shape index (κ3) is 14.4. The second-order valence-corrected chi connectivity index (χ2v) is 5.90. The van der Waals surface area contributed by atoms with E-state index in [-0.39, 0.29) is 13.2 Å². The van der Waals surface area contributed by atoms with Crippen LogP contribution in [0.5, 0.6) is 0 Å². The number of rotatable bonds is 11. The molecule has 0 saturated heterocycles. The molecule has 0 aliphatic rings. The van der Waals surface area contributed by atoms with E-state index >= 15 is 0 Å². The van der Waals surface area contributed by atoms with Gasteiger partial charge in [0.25, 0.3) is 0 Å². The summed E-state index contributed by atoms with van der Waals surface area (Å²) in [5.41, 5.74) is -2.60. The van der Waals surface area contributed by atoms with Gasteiger partial charge in [-0.2, -0.15) is 0 Å². The number of carbonyl (C=O) groups is 2. The molecule has 11 heteroatoms. The maximum absolute atomic E-state index is 11.2. The molecule has 0 heterocycles. The number of esters is 1. The van der Waals surface area contributed by atoms with E-state index in [4.69, 9.17) is 35.4 Å². The Labute approximate surface area is 159 Å². The Bertz CT molecular complexity index is 363. The van der Waals surface area contributed by atoms with Gasteiger partial charge in [0.2, 0.25) is 0 Å². The molecule has 6 N–H and O–H groups in total. The molecule has 27 heavy (non-hydrogen) atoms. The molecule has 0 bridgehead atoms. The summed E-state index contributed by atoms with van der Waals surface area (Å²) in [4.78, 5) is 21.4. The number of ether oxygens (including phenoxy) is 3. The largest absolute Gasteiger partial charge is 0.481 e. The van der Waals surface area contributed by atoms with Gasteiger partial charge in [-0.15, -0.1) is 0 Å². The number of carboxylic acid groups (broad SMARTS) is 1. The topological polar surface area (TPSA) is 183 Å². The molecular formula is C16H34O11. The van der Waals surface area contributed by atoms with Gasteiger partial charge in [0.05, 0.1) is 46.2 Å². The van der Waals surface area contributed by atoms with Crippen LogP contribution in [0, 0.1) is 10.8 Å². The minimum Gasteiger partial charge on any atom is -0.481 e. The predicted octanol–water partition coefficient (Wildman–Crippen LogP) is -2.15. The van der Waals surface area contributed by atoms with Crippen molar-refractivity contribution in [2.45, 2.75) is 13.8 Å². The van der Waals surface area contributed by atoms with Gasteiger partial charge in [-0.1, -0.05) is 0 Å². The molecule has 0 aliphatic carbocycles. The number of hydrogen-bond acceptors (Lipinski definition) is 10. The third-order valence-corrected chi connectivity index (χ3v) is 3.22. The van der Waals surface area contributed by atoms with Gasteiger partial charge in [-0.05, 0) is 13.8 Å². The molecule has 0 aliphatic heterocycles. The fourth-order valence-corrected chi connectivity index (χ4v) is 0.848. The highest BCUT2D eigenvalue weighted by molar-refractivity contribution is 5.76. The van der Waals surface area contributed by atoms with Crippen molar-refractivity contribution in [3.05, 3.63) is 0 Å². The van der Waals surface area contributed by atoms with Crippen LogP contribution in [-0.2, 0) is 23.8 Å². The van der Waals surface area contributed by atoms with Crippen LogP contribution < -0.4 is 0 Å². The second kappa shape index (κ2) is 18.0. The summed E-state index contributed by atoms with van der Waals surface area (Å²) in [7, 11) is 3.04. The van der Waals surface area contributed by atoms with Crippen molar-refractivity contribution in [2.75, 3.05) is 67.1 Å². The molecule has 0 atom stereocenters. The lowest BCUT2D eigenvalue weighted by molar-refractivity contribution is -0.161. The highest BCUT2D eigenvalue weighted by Crippen LogP contribution is 2.16. The Morgan fingerprint density at radius 1 is 0.741 bits per heavy atom. The van der Waals surface area contributed by atoms with Crippen LogP contribution in [-0.4, -0.2) is 110 Å². The summed E-state index contributed by atoms with van der Waals surface area (Å²) in [6.07, 6.45) is 0. The summed E-state index contributed by atoms with van der Waals surface area (Å²) in [6, 6.07) is 0. The summed E-state index contributed by atoms with van der Waals surface area (Å²) in [5.74, 6) is -1.80. The third-order valence-electron chi connectivity index (χ3n) is 3.22. The van der Waals surface area contributed by atoms with Gasteiger partial charge >= 0.3 is 11.9 Å². The van der Waals surface area contributed by atoms with E-state index in [1.54, 1.807) is 7.11 Å². The average Bonchev–Trinajstić information content (AvgIpc) is 2.68. The van der Waals surface area contributed by atoms with E-state index in [2.05, 4.69) is 9.47 Å². The zero-order valence-corrected chi connectivity index (χ0v) is 16.4. The molecule has 164 valence electrons. The van der Waals surface area contributed by atoms with Crippen LogP contribution in [0.25, 0.3) is 0 Å². The molecule has 0 spiro atoms. The lowest BCUT2D eigenvalue weighted by Gasteiger charge is -2.21. The number of carboxylic acids is 1. The molecule has 0 rings (SSSR count). The number of methoxy groups -OCH3 is 2. The Balaban J connectivity index is -0.000000356. The van der Waals surface area contributed by atoms with Gasteiger partial charge in [-0.25, -0.2) is 0 Å². The molecule has 0 unspecified atom stereocenters. The van der Waals surface area contributed by atoms with Crippen molar-refractivity contribution < 1.29 is 54.4 Å². The summed E-state index contributed by atoms with van der Waals surface area (Å²) < 4.78 is 13.9.